The summed E-state index contributed by atoms with van der Waals surface area (Å²) >= 11 is 4.67. The lowest BCUT2D eigenvalue weighted by molar-refractivity contribution is 0.107. The van der Waals surface area contributed by atoms with Crippen LogP contribution in [0.2, 0.25) is 0 Å². The molecule has 0 bridgehead atoms. The number of ether oxygens (including phenoxy) is 2. The van der Waals surface area contributed by atoms with Crippen LogP contribution in [0, 0.1) is 0 Å². The Bertz CT molecular complexity index is 83.1. The Kier molecular flexibility index (Phi) is 5.88. The molecule has 0 amide bonds. The summed E-state index contributed by atoms with van der Waals surface area (Å²) in [5.74, 6) is 0. The SMILES string of the molecule is CCOCCOC(C)=S. The standard InChI is InChI=1S/C6H12O2S/c1-3-7-4-5-8-6(2)9/h3-5H2,1-2H3. The Labute approximate surface area is 61.1 Å². The van der Waals surface area contributed by atoms with E-state index in [1.165, 1.54) is 0 Å². The first-order valence-corrected chi connectivity index (χ1v) is 3.39. The van der Waals surface area contributed by atoms with Gasteiger partial charge < -0.3 is 9.47 Å². The summed E-state index contributed by atoms with van der Waals surface area (Å²) in [5.41, 5.74) is 0. The summed E-state index contributed by atoms with van der Waals surface area (Å²) < 4.78 is 9.95. The fraction of sp³-hybridized carbons (Fsp3) is 0.833. The van der Waals surface area contributed by atoms with Crippen LogP contribution >= 0.6 is 12.2 Å². The van der Waals surface area contributed by atoms with E-state index >= 15 is 0 Å². The molecule has 0 aromatic rings. The number of hydrogen-bond acceptors (Lipinski definition) is 3. The monoisotopic (exact) mass is 148 g/mol. The van der Waals surface area contributed by atoms with Crippen molar-refractivity contribution in [2.24, 2.45) is 0 Å². The second-order valence-corrected chi connectivity index (χ2v) is 2.11. The molecule has 0 N–H and O–H groups in total. The Hall–Kier alpha value is -0.150. The molecule has 0 aromatic carbocycles. The second kappa shape index (κ2) is 5.98. The van der Waals surface area contributed by atoms with Gasteiger partial charge >= 0.3 is 0 Å². The van der Waals surface area contributed by atoms with E-state index in [9.17, 15) is 0 Å². The molecule has 0 saturated heterocycles. The van der Waals surface area contributed by atoms with E-state index in [0.29, 0.717) is 18.3 Å². The molecule has 0 aliphatic carbocycles. The van der Waals surface area contributed by atoms with Gasteiger partial charge in [0.25, 0.3) is 0 Å². The highest BCUT2D eigenvalue weighted by Crippen LogP contribution is 1.80. The van der Waals surface area contributed by atoms with Crippen molar-refractivity contribution < 1.29 is 9.47 Å². The van der Waals surface area contributed by atoms with Gasteiger partial charge in [-0.25, -0.2) is 0 Å². The van der Waals surface area contributed by atoms with Crippen molar-refractivity contribution in [1.29, 1.82) is 0 Å². The zero-order valence-corrected chi connectivity index (χ0v) is 6.66. The minimum Gasteiger partial charge on any atom is -0.485 e. The first-order chi connectivity index (χ1) is 4.27. The fourth-order valence-electron chi connectivity index (χ4n) is 0.389. The number of thiocarbonyl (C=S) groups is 1. The van der Waals surface area contributed by atoms with Crippen LogP contribution in [0.4, 0.5) is 0 Å². The van der Waals surface area contributed by atoms with Crippen LogP contribution in [-0.4, -0.2) is 24.9 Å². The smallest absolute Gasteiger partial charge is 0.156 e. The lowest BCUT2D eigenvalue weighted by atomic mass is 10.7. The molecule has 0 saturated carbocycles. The zero-order chi connectivity index (χ0) is 7.11. The Balaban J connectivity index is 2.83. The van der Waals surface area contributed by atoms with Crippen LogP contribution in [0.1, 0.15) is 13.8 Å². The molecule has 0 aliphatic rings. The van der Waals surface area contributed by atoms with E-state index in [1.807, 2.05) is 6.92 Å². The molecule has 0 spiro atoms. The predicted octanol–water partition coefficient (Wildman–Crippen LogP) is 1.39. The maximum atomic E-state index is 5.00. The molecular weight excluding hydrogens is 136 g/mol. The minimum absolute atomic E-state index is 0.573. The quantitative estimate of drug-likeness (QED) is 0.443. The molecule has 0 aromatic heterocycles. The van der Waals surface area contributed by atoms with Crippen molar-refractivity contribution in [3.8, 4) is 0 Å². The van der Waals surface area contributed by atoms with Crippen LogP contribution in [0.3, 0.4) is 0 Å². The maximum absolute atomic E-state index is 5.00. The second-order valence-electron chi connectivity index (χ2n) is 1.54. The summed E-state index contributed by atoms with van der Waals surface area (Å²) in [5, 5.41) is 0.578. The molecule has 0 atom stereocenters. The van der Waals surface area contributed by atoms with Gasteiger partial charge in [0.15, 0.2) is 5.05 Å². The molecular formula is C6H12O2S. The van der Waals surface area contributed by atoms with Gasteiger partial charge in [-0.1, -0.05) is 0 Å². The molecule has 0 aliphatic heterocycles. The average Bonchev–Trinajstić information content (AvgIpc) is 1.80. The van der Waals surface area contributed by atoms with Gasteiger partial charge in [-0.05, 0) is 19.1 Å². The van der Waals surface area contributed by atoms with Crippen LogP contribution < -0.4 is 0 Å². The summed E-state index contributed by atoms with van der Waals surface area (Å²) in [6.07, 6.45) is 0. The van der Waals surface area contributed by atoms with Gasteiger partial charge in [0.2, 0.25) is 0 Å². The summed E-state index contributed by atoms with van der Waals surface area (Å²) in [7, 11) is 0. The molecule has 0 unspecified atom stereocenters. The minimum atomic E-state index is 0.573. The average molecular weight is 148 g/mol. The van der Waals surface area contributed by atoms with Crippen molar-refractivity contribution in [2.75, 3.05) is 19.8 Å². The molecule has 0 fully saturated rings. The van der Waals surface area contributed by atoms with Gasteiger partial charge in [0.1, 0.15) is 6.61 Å². The molecule has 54 valence electrons. The van der Waals surface area contributed by atoms with Crippen molar-refractivity contribution in [3.05, 3.63) is 0 Å². The number of hydrogen-bond donors (Lipinski definition) is 0. The van der Waals surface area contributed by atoms with Crippen molar-refractivity contribution >= 4 is 17.3 Å². The van der Waals surface area contributed by atoms with Crippen LogP contribution in [0.5, 0.6) is 0 Å². The van der Waals surface area contributed by atoms with Gasteiger partial charge in [-0.3, -0.25) is 0 Å². The van der Waals surface area contributed by atoms with E-state index in [0.717, 1.165) is 6.61 Å². The highest BCUT2D eigenvalue weighted by Gasteiger charge is 1.86. The first kappa shape index (κ1) is 8.85. The van der Waals surface area contributed by atoms with Gasteiger partial charge in [-0.2, -0.15) is 0 Å². The van der Waals surface area contributed by atoms with Crippen LogP contribution in [0.25, 0.3) is 0 Å². The Morgan fingerprint density at radius 3 is 2.56 bits per heavy atom. The largest absolute Gasteiger partial charge is 0.485 e. The third kappa shape index (κ3) is 7.85. The Morgan fingerprint density at radius 2 is 2.11 bits per heavy atom. The molecule has 0 rings (SSSR count). The predicted molar refractivity (Wildman–Crippen MR) is 40.7 cm³/mol. The summed E-state index contributed by atoms with van der Waals surface area (Å²) in [6.45, 7) is 5.64. The zero-order valence-electron chi connectivity index (χ0n) is 5.85. The molecule has 0 radical (unpaired) electrons. The topological polar surface area (TPSA) is 18.5 Å². The van der Waals surface area contributed by atoms with E-state index < -0.39 is 0 Å². The van der Waals surface area contributed by atoms with E-state index in [1.54, 1.807) is 6.92 Å². The van der Waals surface area contributed by atoms with Gasteiger partial charge in [-0.15, -0.1) is 0 Å². The Morgan fingerprint density at radius 1 is 1.44 bits per heavy atom. The first-order valence-electron chi connectivity index (χ1n) is 2.98. The maximum Gasteiger partial charge on any atom is 0.156 e. The van der Waals surface area contributed by atoms with E-state index in [2.05, 4.69) is 12.2 Å². The van der Waals surface area contributed by atoms with Crippen molar-refractivity contribution in [2.45, 2.75) is 13.8 Å². The highest BCUT2D eigenvalue weighted by molar-refractivity contribution is 7.80. The lowest BCUT2D eigenvalue weighted by Gasteiger charge is -2.01. The molecule has 2 nitrogen and oxygen atoms in total. The highest BCUT2D eigenvalue weighted by atomic mass is 32.1. The number of rotatable bonds is 4. The van der Waals surface area contributed by atoms with E-state index in [4.69, 9.17) is 9.47 Å². The normalized spacial score (nSPS) is 9.11. The molecule has 3 heteroatoms. The summed E-state index contributed by atoms with van der Waals surface area (Å²) in [6, 6.07) is 0. The fourth-order valence-corrected chi connectivity index (χ4v) is 0.472. The van der Waals surface area contributed by atoms with Gasteiger partial charge in [0.05, 0.1) is 6.61 Å². The van der Waals surface area contributed by atoms with Crippen molar-refractivity contribution in [3.63, 3.8) is 0 Å². The van der Waals surface area contributed by atoms with Crippen molar-refractivity contribution in [1.82, 2.24) is 0 Å². The molecule has 9 heavy (non-hydrogen) atoms. The third-order valence-electron chi connectivity index (χ3n) is 0.737. The van der Waals surface area contributed by atoms with Gasteiger partial charge in [0, 0.05) is 13.5 Å². The summed E-state index contributed by atoms with van der Waals surface area (Å²) in [4.78, 5) is 0. The van der Waals surface area contributed by atoms with E-state index in [-0.39, 0.29) is 0 Å². The third-order valence-corrected chi connectivity index (χ3v) is 0.855. The van der Waals surface area contributed by atoms with Crippen LogP contribution in [0.15, 0.2) is 0 Å². The van der Waals surface area contributed by atoms with Crippen LogP contribution in [-0.2, 0) is 9.47 Å². The lowest BCUT2D eigenvalue weighted by Crippen LogP contribution is -2.05. The molecule has 0 heterocycles.